The van der Waals surface area contributed by atoms with Crippen LogP contribution in [-0.2, 0) is 23.2 Å². The van der Waals surface area contributed by atoms with Gasteiger partial charge in [0, 0.05) is 30.7 Å². The molecule has 11 heteroatoms. The zero-order valence-electron chi connectivity index (χ0n) is 16.5. The number of thioether (sulfide) groups is 1. The van der Waals surface area contributed by atoms with Gasteiger partial charge in [-0.15, -0.1) is 0 Å². The van der Waals surface area contributed by atoms with Crippen molar-refractivity contribution >= 4 is 31.4 Å². The number of aliphatic hydroxyl groups is 1. The number of phosphoric acid groups is 1. The highest BCUT2D eigenvalue weighted by Crippen LogP contribution is 2.44. The minimum atomic E-state index is -4.21. The van der Waals surface area contributed by atoms with Crippen LogP contribution in [0.1, 0.15) is 40.5 Å². The van der Waals surface area contributed by atoms with Crippen molar-refractivity contribution in [1.29, 1.82) is 0 Å². The van der Waals surface area contributed by atoms with Crippen molar-refractivity contribution in [2.45, 2.75) is 46.6 Å². The van der Waals surface area contributed by atoms with Crippen LogP contribution >= 0.6 is 19.6 Å². The first-order valence-corrected chi connectivity index (χ1v) is 11.6. The highest BCUT2D eigenvalue weighted by molar-refractivity contribution is 7.99. The molecule has 9 nitrogen and oxygen atoms in total. The summed E-state index contributed by atoms with van der Waals surface area (Å²) in [5.74, 6) is 1.04. The normalized spacial score (nSPS) is 15.0. The predicted molar refractivity (Wildman–Crippen MR) is 105 cm³/mol. The molecule has 0 radical (unpaired) electrons. The van der Waals surface area contributed by atoms with Gasteiger partial charge in [0.05, 0.1) is 13.2 Å². The molecule has 2 amide bonds. The second-order valence-electron chi connectivity index (χ2n) is 6.55. The average Bonchev–Trinajstić information content (AvgIpc) is 2.59. The molecule has 0 aromatic carbocycles. The summed E-state index contributed by atoms with van der Waals surface area (Å²) < 4.78 is 20.9. The van der Waals surface area contributed by atoms with E-state index in [1.54, 1.807) is 18.7 Å². The molecule has 0 rings (SSSR count). The van der Waals surface area contributed by atoms with Crippen LogP contribution < -0.4 is 10.6 Å². The summed E-state index contributed by atoms with van der Waals surface area (Å²) in [6, 6.07) is 0. The summed E-state index contributed by atoms with van der Waals surface area (Å²) in [6.07, 6.45) is -0.285. The minimum absolute atomic E-state index is 0.00337. The van der Waals surface area contributed by atoms with Crippen molar-refractivity contribution in [3.63, 3.8) is 0 Å². The van der Waals surface area contributed by atoms with Crippen LogP contribution in [0, 0.1) is 5.41 Å². The first kappa shape index (κ1) is 26.4. The van der Waals surface area contributed by atoms with Crippen LogP contribution in [0.25, 0.3) is 0 Å². The van der Waals surface area contributed by atoms with Gasteiger partial charge in [-0.25, -0.2) is 4.57 Å². The van der Waals surface area contributed by atoms with Crippen LogP contribution in [0.4, 0.5) is 0 Å². The molecule has 0 saturated carbocycles. The molecular formula is C16H33N2O7PS. The number of hydrogen-bond donors (Lipinski definition) is 4. The molecule has 0 aliphatic carbocycles. The van der Waals surface area contributed by atoms with Gasteiger partial charge in [-0.05, 0) is 19.1 Å². The van der Waals surface area contributed by atoms with Gasteiger partial charge in [0.1, 0.15) is 6.10 Å². The summed E-state index contributed by atoms with van der Waals surface area (Å²) in [7, 11) is -4.21. The van der Waals surface area contributed by atoms with E-state index in [0.717, 1.165) is 17.9 Å². The Kier molecular flexibility index (Phi) is 13.2. The smallest absolute Gasteiger partial charge is 0.383 e. The summed E-state index contributed by atoms with van der Waals surface area (Å²) in [6.45, 7) is 6.97. The number of nitrogens with one attached hydrogen (secondary N) is 2. The molecule has 0 spiro atoms. The number of rotatable bonds is 15. The monoisotopic (exact) mass is 428 g/mol. The zero-order chi connectivity index (χ0) is 20.9. The maximum absolute atomic E-state index is 12.0. The van der Waals surface area contributed by atoms with Gasteiger partial charge in [-0.3, -0.25) is 18.6 Å². The Hall–Kier alpha value is -0.640. The lowest BCUT2D eigenvalue weighted by molar-refractivity contribution is -0.137. The molecule has 4 N–H and O–H groups in total. The highest BCUT2D eigenvalue weighted by atomic mass is 32.2. The molecule has 0 fully saturated rings. The van der Waals surface area contributed by atoms with E-state index >= 15 is 0 Å². The molecular weight excluding hydrogens is 395 g/mol. The van der Waals surface area contributed by atoms with Gasteiger partial charge >= 0.3 is 7.82 Å². The lowest BCUT2D eigenvalue weighted by atomic mass is 9.87. The number of phosphoric ester groups is 1. The van der Waals surface area contributed by atoms with Crippen molar-refractivity contribution < 1.29 is 33.2 Å². The zero-order valence-corrected chi connectivity index (χ0v) is 18.2. The van der Waals surface area contributed by atoms with Crippen molar-refractivity contribution in [3.8, 4) is 0 Å². The largest absolute Gasteiger partial charge is 0.472 e. The number of amides is 2. The summed E-state index contributed by atoms with van der Waals surface area (Å²) in [5, 5.41) is 15.4. The van der Waals surface area contributed by atoms with Gasteiger partial charge in [-0.2, -0.15) is 11.8 Å². The van der Waals surface area contributed by atoms with Gasteiger partial charge < -0.3 is 20.6 Å². The number of carbonyl (C=O) groups excluding carboxylic acids is 2. The third-order valence-corrected chi connectivity index (χ3v) is 5.68. The molecule has 160 valence electrons. The number of hydrogen-bond acceptors (Lipinski definition) is 7. The number of aliphatic hydroxyl groups excluding tert-OH is 1. The van der Waals surface area contributed by atoms with E-state index in [-0.39, 0.29) is 32.1 Å². The molecule has 0 heterocycles. The van der Waals surface area contributed by atoms with Crippen LogP contribution in [0.5, 0.6) is 0 Å². The molecule has 0 aliphatic rings. The lowest BCUT2D eigenvalue weighted by Crippen LogP contribution is -2.46. The lowest BCUT2D eigenvalue weighted by Gasteiger charge is -2.29. The van der Waals surface area contributed by atoms with E-state index in [4.69, 9.17) is 4.52 Å². The minimum Gasteiger partial charge on any atom is -0.383 e. The third kappa shape index (κ3) is 12.4. The van der Waals surface area contributed by atoms with Crippen LogP contribution in [0.3, 0.4) is 0 Å². The third-order valence-electron chi connectivity index (χ3n) is 3.45. The van der Waals surface area contributed by atoms with E-state index in [2.05, 4.69) is 22.1 Å². The Bertz CT molecular complexity index is 505. The molecule has 0 bridgehead atoms. The first-order valence-electron chi connectivity index (χ1n) is 8.97. The van der Waals surface area contributed by atoms with Crippen LogP contribution in [0.15, 0.2) is 0 Å². The molecule has 0 aromatic heterocycles. The van der Waals surface area contributed by atoms with E-state index < -0.39 is 25.2 Å². The molecule has 0 saturated heterocycles. The van der Waals surface area contributed by atoms with Gasteiger partial charge in [0.15, 0.2) is 0 Å². The Morgan fingerprint density at radius 3 is 2.41 bits per heavy atom. The van der Waals surface area contributed by atoms with Gasteiger partial charge in [-0.1, -0.05) is 20.8 Å². The quantitative estimate of drug-likeness (QED) is 0.226. The standard InChI is InChI=1S/C16H33N2O7PS/c1-5-10-27-11-9-17-13(19)7-8-18-15(21)14(20)16(3,4)12-25-26(22,23)24-6-2/h14,20H,5-12H2,1-4H3,(H,17,19)(H,18,21)(H,22,23). The van der Waals surface area contributed by atoms with E-state index in [9.17, 15) is 24.2 Å². The highest BCUT2D eigenvalue weighted by Gasteiger charge is 2.36. The Labute approximate surface area is 165 Å². The van der Waals surface area contributed by atoms with E-state index in [1.807, 2.05) is 0 Å². The van der Waals surface area contributed by atoms with Crippen molar-refractivity contribution in [2.75, 3.05) is 37.8 Å². The SMILES string of the molecule is CCCSCCNC(=O)CCNC(=O)C(O)C(C)(C)COP(=O)(O)OCC. The van der Waals surface area contributed by atoms with Gasteiger partial charge in [0.25, 0.3) is 0 Å². The number of carbonyl (C=O) groups is 2. The van der Waals surface area contributed by atoms with Crippen LogP contribution in [0.2, 0.25) is 0 Å². The Morgan fingerprint density at radius 1 is 1.15 bits per heavy atom. The van der Waals surface area contributed by atoms with E-state index in [0.29, 0.717) is 6.54 Å². The fraction of sp³-hybridized carbons (Fsp3) is 0.875. The van der Waals surface area contributed by atoms with Crippen molar-refractivity contribution in [3.05, 3.63) is 0 Å². The summed E-state index contributed by atoms with van der Waals surface area (Å²) >= 11 is 1.76. The second kappa shape index (κ2) is 13.5. The fourth-order valence-corrected chi connectivity index (χ4v) is 3.51. The second-order valence-corrected chi connectivity index (χ2v) is 9.23. The molecule has 2 unspecified atom stereocenters. The maximum Gasteiger partial charge on any atom is 0.472 e. The van der Waals surface area contributed by atoms with Gasteiger partial charge in [0.2, 0.25) is 11.8 Å². The summed E-state index contributed by atoms with van der Waals surface area (Å²) in [4.78, 5) is 33.1. The topological polar surface area (TPSA) is 134 Å². The fourth-order valence-electron chi connectivity index (χ4n) is 1.88. The maximum atomic E-state index is 12.0. The van der Waals surface area contributed by atoms with Crippen molar-refractivity contribution in [2.24, 2.45) is 5.41 Å². The molecule has 27 heavy (non-hydrogen) atoms. The Balaban J connectivity index is 4.17. The van der Waals surface area contributed by atoms with E-state index in [1.165, 1.54) is 13.8 Å². The predicted octanol–water partition coefficient (Wildman–Crippen LogP) is 1.29. The first-order chi connectivity index (χ1) is 12.6. The van der Waals surface area contributed by atoms with Crippen LogP contribution in [-0.4, -0.2) is 65.7 Å². The molecule has 2 atom stereocenters. The molecule has 0 aliphatic heterocycles. The Morgan fingerprint density at radius 2 is 1.81 bits per heavy atom. The van der Waals surface area contributed by atoms with Crippen molar-refractivity contribution in [1.82, 2.24) is 10.6 Å². The molecule has 0 aromatic rings. The summed E-state index contributed by atoms with van der Waals surface area (Å²) in [5.41, 5.74) is -1.13. The average molecular weight is 428 g/mol.